The molecule has 0 aliphatic rings. The van der Waals surface area contributed by atoms with Gasteiger partial charge >= 0.3 is 5.97 Å². The molecule has 0 aliphatic carbocycles. The minimum atomic E-state index is -0.745. The van der Waals surface area contributed by atoms with Crippen LogP contribution in [-0.4, -0.2) is 43.9 Å². The van der Waals surface area contributed by atoms with Gasteiger partial charge in [-0.15, -0.1) is 0 Å². The molecule has 170 valence electrons. The molecule has 5 heteroatoms. The maximum Gasteiger partial charge on any atom is 0.303 e. The van der Waals surface area contributed by atoms with E-state index in [1.807, 2.05) is 0 Å². The number of hydrogen-bond acceptors (Lipinski definition) is 4. The first-order valence-corrected chi connectivity index (χ1v) is 11.9. The fourth-order valence-electron chi connectivity index (χ4n) is 2.80. The van der Waals surface area contributed by atoms with E-state index in [-0.39, 0.29) is 6.42 Å². The molecule has 0 aromatic heterocycles. The molecular formula is C23H50N2O3. The van der Waals surface area contributed by atoms with Gasteiger partial charge in [0.2, 0.25) is 0 Å². The number of carboxylic acid groups (broad SMARTS) is 1. The number of rotatable bonds is 21. The van der Waals surface area contributed by atoms with Crippen molar-refractivity contribution in [1.82, 2.24) is 5.32 Å². The fourth-order valence-corrected chi connectivity index (χ4v) is 2.80. The van der Waals surface area contributed by atoms with Gasteiger partial charge in [0.25, 0.3) is 0 Å². The summed E-state index contributed by atoms with van der Waals surface area (Å²) in [6, 6.07) is 0. The SMILES string of the molecule is CCC(=O)O.CCCCCCCCCCCCCCOCCCNCCCN. The van der Waals surface area contributed by atoms with Gasteiger partial charge in [-0.05, 0) is 38.9 Å². The Labute approximate surface area is 175 Å². The molecule has 0 unspecified atom stereocenters. The van der Waals surface area contributed by atoms with Gasteiger partial charge in [0.15, 0.2) is 0 Å². The molecule has 0 aromatic carbocycles. The number of carbonyl (C=O) groups is 1. The molecule has 0 amide bonds. The number of aliphatic carboxylic acids is 1. The minimum Gasteiger partial charge on any atom is -0.481 e. The molecule has 5 nitrogen and oxygen atoms in total. The van der Waals surface area contributed by atoms with Crippen LogP contribution in [0, 0.1) is 0 Å². The van der Waals surface area contributed by atoms with Crippen molar-refractivity contribution < 1.29 is 14.6 Å². The third-order valence-electron chi connectivity index (χ3n) is 4.64. The molecule has 0 radical (unpaired) electrons. The fraction of sp³-hybridized carbons (Fsp3) is 0.957. The van der Waals surface area contributed by atoms with E-state index in [9.17, 15) is 4.79 Å². The molecule has 0 spiro atoms. The van der Waals surface area contributed by atoms with Gasteiger partial charge in [-0.3, -0.25) is 4.79 Å². The van der Waals surface area contributed by atoms with E-state index in [2.05, 4.69) is 12.2 Å². The summed E-state index contributed by atoms with van der Waals surface area (Å²) in [6.07, 6.45) is 19.2. The van der Waals surface area contributed by atoms with Gasteiger partial charge in [-0.25, -0.2) is 0 Å². The van der Waals surface area contributed by atoms with Crippen LogP contribution in [0.2, 0.25) is 0 Å². The summed E-state index contributed by atoms with van der Waals surface area (Å²) in [5.74, 6) is -0.745. The van der Waals surface area contributed by atoms with Crippen LogP contribution in [0.5, 0.6) is 0 Å². The molecule has 0 heterocycles. The Morgan fingerprint density at radius 1 is 0.750 bits per heavy atom. The van der Waals surface area contributed by atoms with Crippen LogP contribution in [0.1, 0.15) is 110 Å². The Bertz CT molecular complexity index is 269. The molecule has 0 aliphatic heterocycles. The van der Waals surface area contributed by atoms with Crippen LogP contribution in [0.15, 0.2) is 0 Å². The summed E-state index contributed by atoms with van der Waals surface area (Å²) in [6.45, 7) is 8.60. The second-order valence-electron chi connectivity index (χ2n) is 7.49. The zero-order valence-electron chi connectivity index (χ0n) is 19.0. The van der Waals surface area contributed by atoms with E-state index in [0.29, 0.717) is 0 Å². The molecule has 0 aromatic rings. The Balaban J connectivity index is 0. The summed E-state index contributed by atoms with van der Waals surface area (Å²) in [7, 11) is 0. The lowest BCUT2D eigenvalue weighted by Crippen LogP contribution is -2.20. The molecule has 0 rings (SSSR count). The highest BCUT2D eigenvalue weighted by Gasteiger charge is 1.94. The molecule has 28 heavy (non-hydrogen) atoms. The van der Waals surface area contributed by atoms with Crippen LogP contribution in [0.4, 0.5) is 0 Å². The summed E-state index contributed by atoms with van der Waals surface area (Å²) < 4.78 is 5.67. The smallest absolute Gasteiger partial charge is 0.303 e. The summed E-state index contributed by atoms with van der Waals surface area (Å²) >= 11 is 0. The molecule has 0 saturated heterocycles. The van der Waals surface area contributed by atoms with Crippen molar-refractivity contribution in [1.29, 1.82) is 0 Å². The number of ether oxygens (including phenoxy) is 1. The second kappa shape index (κ2) is 28.6. The Hall–Kier alpha value is -0.650. The number of carboxylic acids is 1. The van der Waals surface area contributed by atoms with Crippen LogP contribution in [-0.2, 0) is 9.53 Å². The Morgan fingerprint density at radius 2 is 1.18 bits per heavy atom. The van der Waals surface area contributed by atoms with Gasteiger partial charge in [-0.1, -0.05) is 84.5 Å². The first-order chi connectivity index (χ1) is 13.7. The van der Waals surface area contributed by atoms with Gasteiger partial charge in [0.1, 0.15) is 0 Å². The van der Waals surface area contributed by atoms with Crippen LogP contribution in [0.25, 0.3) is 0 Å². The van der Waals surface area contributed by atoms with E-state index in [1.54, 1.807) is 6.92 Å². The minimum absolute atomic E-state index is 0.222. The predicted molar refractivity (Wildman–Crippen MR) is 121 cm³/mol. The topological polar surface area (TPSA) is 84.6 Å². The summed E-state index contributed by atoms with van der Waals surface area (Å²) in [4.78, 5) is 9.37. The standard InChI is InChI=1S/C20H44N2O.C3H6O2/c1-2-3-4-5-6-7-8-9-10-11-12-13-19-23-20-15-18-22-17-14-16-21;1-2-3(4)5/h22H,2-21H2,1H3;2H2,1H3,(H,4,5). The lowest BCUT2D eigenvalue weighted by Gasteiger charge is -2.06. The average Bonchev–Trinajstić information content (AvgIpc) is 2.70. The lowest BCUT2D eigenvalue weighted by molar-refractivity contribution is -0.136. The monoisotopic (exact) mass is 402 g/mol. The van der Waals surface area contributed by atoms with E-state index in [0.717, 1.165) is 45.7 Å². The predicted octanol–water partition coefficient (Wildman–Crippen LogP) is 5.51. The van der Waals surface area contributed by atoms with Crippen LogP contribution < -0.4 is 11.1 Å². The van der Waals surface area contributed by atoms with Gasteiger partial charge in [0.05, 0.1) is 0 Å². The van der Waals surface area contributed by atoms with Crippen molar-refractivity contribution >= 4 is 5.97 Å². The number of nitrogens with one attached hydrogen (secondary N) is 1. The highest BCUT2D eigenvalue weighted by atomic mass is 16.5. The molecule has 0 saturated carbocycles. The van der Waals surface area contributed by atoms with E-state index in [1.165, 1.54) is 77.0 Å². The molecule has 0 fully saturated rings. The van der Waals surface area contributed by atoms with E-state index >= 15 is 0 Å². The first kappa shape index (κ1) is 29.6. The molecule has 0 atom stereocenters. The van der Waals surface area contributed by atoms with Crippen molar-refractivity contribution in [2.24, 2.45) is 5.73 Å². The van der Waals surface area contributed by atoms with E-state index in [4.69, 9.17) is 15.6 Å². The third kappa shape index (κ3) is 33.0. The quantitative estimate of drug-likeness (QED) is 0.220. The second-order valence-corrected chi connectivity index (χ2v) is 7.49. The molecular weight excluding hydrogens is 352 g/mol. The normalized spacial score (nSPS) is 10.5. The van der Waals surface area contributed by atoms with Crippen LogP contribution in [0.3, 0.4) is 0 Å². The highest BCUT2D eigenvalue weighted by Crippen LogP contribution is 2.11. The van der Waals surface area contributed by atoms with Crippen molar-refractivity contribution in [3.05, 3.63) is 0 Å². The van der Waals surface area contributed by atoms with Crippen molar-refractivity contribution in [2.45, 2.75) is 110 Å². The maximum atomic E-state index is 9.37. The third-order valence-corrected chi connectivity index (χ3v) is 4.64. The van der Waals surface area contributed by atoms with Crippen LogP contribution >= 0.6 is 0 Å². The number of unbranched alkanes of at least 4 members (excludes halogenated alkanes) is 11. The zero-order valence-corrected chi connectivity index (χ0v) is 19.0. The zero-order chi connectivity index (χ0) is 21.1. The number of hydrogen-bond donors (Lipinski definition) is 3. The lowest BCUT2D eigenvalue weighted by atomic mass is 10.1. The molecule has 0 bridgehead atoms. The Kier molecular flexibility index (Phi) is 30.1. The maximum absolute atomic E-state index is 9.37. The average molecular weight is 403 g/mol. The summed E-state index contributed by atoms with van der Waals surface area (Å²) in [5.41, 5.74) is 5.44. The van der Waals surface area contributed by atoms with E-state index < -0.39 is 5.97 Å². The Morgan fingerprint density at radius 3 is 1.64 bits per heavy atom. The number of nitrogens with two attached hydrogens (primary N) is 1. The largest absolute Gasteiger partial charge is 0.481 e. The molecule has 4 N–H and O–H groups in total. The highest BCUT2D eigenvalue weighted by molar-refractivity contribution is 5.66. The first-order valence-electron chi connectivity index (χ1n) is 11.9. The van der Waals surface area contributed by atoms with Gasteiger partial charge in [-0.2, -0.15) is 0 Å². The van der Waals surface area contributed by atoms with Gasteiger partial charge < -0.3 is 20.9 Å². The summed E-state index contributed by atoms with van der Waals surface area (Å²) in [5, 5.41) is 11.1. The van der Waals surface area contributed by atoms with Crippen molar-refractivity contribution in [3.8, 4) is 0 Å². The van der Waals surface area contributed by atoms with Crippen molar-refractivity contribution in [2.75, 3.05) is 32.8 Å². The van der Waals surface area contributed by atoms with Gasteiger partial charge in [0, 0.05) is 19.6 Å². The van der Waals surface area contributed by atoms with Crippen molar-refractivity contribution in [3.63, 3.8) is 0 Å².